The number of nitrogens with one attached hydrogen (secondary N) is 1. The number of rotatable bonds is 4. The molecule has 1 amide bonds. The minimum Gasteiger partial charge on any atom is -0.465 e. The summed E-state index contributed by atoms with van der Waals surface area (Å²) >= 11 is 1.51. The first-order valence-electron chi connectivity index (χ1n) is 6.70. The molecule has 2 rings (SSSR count). The molecule has 0 spiro atoms. The van der Waals surface area contributed by atoms with Gasteiger partial charge in [0, 0.05) is 4.88 Å². The monoisotopic (exact) mass is 296 g/mol. The molecule has 0 aliphatic heterocycles. The second kappa shape index (κ2) is 6.37. The molecule has 110 valence electrons. The van der Waals surface area contributed by atoms with Crippen LogP contribution in [0.5, 0.6) is 0 Å². The molecule has 0 unspecified atom stereocenters. The number of esters is 1. The predicted molar refractivity (Wildman–Crippen MR) is 79.5 cm³/mol. The second-order valence-electron chi connectivity index (χ2n) is 5.19. The van der Waals surface area contributed by atoms with Crippen molar-refractivity contribution in [3.05, 3.63) is 16.0 Å². The van der Waals surface area contributed by atoms with Crippen molar-refractivity contribution in [2.75, 3.05) is 33.1 Å². The molecule has 0 saturated carbocycles. The normalized spacial score (nSPS) is 14.0. The maximum atomic E-state index is 12.0. The molecule has 0 bridgehead atoms. The van der Waals surface area contributed by atoms with Gasteiger partial charge in [0.2, 0.25) is 5.91 Å². The second-order valence-corrected chi connectivity index (χ2v) is 6.30. The summed E-state index contributed by atoms with van der Waals surface area (Å²) < 4.78 is 4.87. The highest BCUT2D eigenvalue weighted by molar-refractivity contribution is 7.17. The van der Waals surface area contributed by atoms with Crippen molar-refractivity contribution >= 4 is 28.2 Å². The molecular weight excluding hydrogens is 276 g/mol. The number of hydrogen-bond donors (Lipinski definition) is 1. The van der Waals surface area contributed by atoms with Crippen LogP contribution in [0.2, 0.25) is 0 Å². The molecule has 1 aliphatic rings. The van der Waals surface area contributed by atoms with Crippen molar-refractivity contribution in [1.29, 1.82) is 0 Å². The Morgan fingerprint density at radius 3 is 2.65 bits per heavy atom. The number of thiophene rings is 1. The fraction of sp³-hybridized carbons (Fsp3) is 0.571. The number of likely N-dealkylation sites (N-methyl/N-ethyl adjacent to an activating group) is 1. The molecule has 0 atom stereocenters. The highest BCUT2D eigenvalue weighted by atomic mass is 32.1. The number of amides is 1. The van der Waals surface area contributed by atoms with E-state index in [-0.39, 0.29) is 11.9 Å². The maximum absolute atomic E-state index is 12.0. The topological polar surface area (TPSA) is 58.6 Å². The molecule has 0 radical (unpaired) electrons. The smallest absolute Gasteiger partial charge is 0.341 e. The lowest BCUT2D eigenvalue weighted by atomic mass is 9.95. The third kappa shape index (κ3) is 3.19. The molecular formula is C14H20N2O3S. The summed E-state index contributed by atoms with van der Waals surface area (Å²) in [4.78, 5) is 26.9. The number of carbonyl (C=O) groups is 2. The molecule has 1 heterocycles. The van der Waals surface area contributed by atoms with Crippen LogP contribution in [0.1, 0.15) is 33.6 Å². The Hall–Kier alpha value is -1.40. The summed E-state index contributed by atoms with van der Waals surface area (Å²) in [7, 11) is 5.04. The molecule has 5 nitrogen and oxygen atoms in total. The summed E-state index contributed by atoms with van der Waals surface area (Å²) in [5, 5.41) is 3.49. The third-order valence-electron chi connectivity index (χ3n) is 3.27. The van der Waals surface area contributed by atoms with Gasteiger partial charge >= 0.3 is 5.97 Å². The molecule has 1 aromatic rings. The van der Waals surface area contributed by atoms with Crippen LogP contribution in [0.25, 0.3) is 0 Å². The van der Waals surface area contributed by atoms with Crippen LogP contribution in [-0.4, -0.2) is 44.5 Å². The van der Waals surface area contributed by atoms with E-state index >= 15 is 0 Å². The maximum Gasteiger partial charge on any atom is 0.341 e. The van der Waals surface area contributed by atoms with Crippen LogP contribution in [-0.2, 0) is 22.4 Å². The lowest BCUT2D eigenvalue weighted by Gasteiger charge is -2.12. The summed E-state index contributed by atoms with van der Waals surface area (Å²) in [6, 6.07) is 0. The molecule has 1 aliphatic carbocycles. The first-order valence-corrected chi connectivity index (χ1v) is 7.52. The third-order valence-corrected chi connectivity index (χ3v) is 4.48. The van der Waals surface area contributed by atoms with Gasteiger partial charge in [-0.25, -0.2) is 4.79 Å². The summed E-state index contributed by atoms with van der Waals surface area (Å²) in [6.45, 7) is 0.295. The lowest BCUT2D eigenvalue weighted by Crippen LogP contribution is -2.27. The van der Waals surface area contributed by atoms with Gasteiger partial charge in [-0.15, -0.1) is 11.3 Å². The van der Waals surface area contributed by atoms with Crippen LogP contribution in [0, 0.1) is 0 Å². The zero-order valence-corrected chi connectivity index (χ0v) is 12.9. The van der Waals surface area contributed by atoms with Gasteiger partial charge in [-0.1, -0.05) is 0 Å². The minimum atomic E-state index is -0.357. The van der Waals surface area contributed by atoms with Crippen LogP contribution >= 0.6 is 11.3 Å². The summed E-state index contributed by atoms with van der Waals surface area (Å²) in [5.74, 6) is -0.469. The summed E-state index contributed by atoms with van der Waals surface area (Å²) in [5.41, 5.74) is 1.62. The Kier molecular flexibility index (Phi) is 4.77. The van der Waals surface area contributed by atoms with Crippen LogP contribution < -0.4 is 5.32 Å². The molecule has 0 fully saturated rings. The van der Waals surface area contributed by atoms with Crippen molar-refractivity contribution in [2.45, 2.75) is 25.7 Å². The summed E-state index contributed by atoms with van der Waals surface area (Å²) in [6.07, 6.45) is 4.09. The number of nitrogens with zero attached hydrogens (tertiary/aromatic N) is 1. The molecule has 0 aromatic carbocycles. The first kappa shape index (κ1) is 15.0. The number of carbonyl (C=O) groups excluding carboxylic acids is 2. The van der Waals surface area contributed by atoms with E-state index in [0.717, 1.165) is 31.2 Å². The standard InChI is InChI=1S/C14H20N2O3S/c1-16(2)8-11(17)15-13-12(14(18)19-3)9-6-4-5-7-10(9)20-13/h4-8H2,1-3H3,(H,15,17). The number of methoxy groups -OCH3 is 1. The molecule has 6 heteroatoms. The average Bonchev–Trinajstić information content (AvgIpc) is 2.74. The zero-order valence-electron chi connectivity index (χ0n) is 12.1. The van der Waals surface area contributed by atoms with E-state index in [0.29, 0.717) is 17.1 Å². The Morgan fingerprint density at radius 2 is 2.00 bits per heavy atom. The van der Waals surface area contributed by atoms with Crippen molar-refractivity contribution in [3.63, 3.8) is 0 Å². The molecule has 0 saturated heterocycles. The number of hydrogen-bond acceptors (Lipinski definition) is 5. The van der Waals surface area contributed by atoms with Crippen LogP contribution in [0.15, 0.2) is 0 Å². The van der Waals surface area contributed by atoms with E-state index in [4.69, 9.17) is 4.74 Å². The Bertz CT molecular complexity index is 523. The first-order chi connectivity index (χ1) is 9.52. The Morgan fingerprint density at radius 1 is 1.30 bits per heavy atom. The van der Waals surface area contributed by atoms with Crippen LogP contribution in [0.3, 0.4) is 0 Å². The largest absolute Gasteiger partial charge is 0.465 e. The quantitative estimate of drug-likeness (QED) is 0.862. The van der Waals surface area contributed by atoms with Gasteiger partial charge < -0.3 is 15.0 Å². The highest BCUT2D eigenvalue weighted by Crippen LogP contribution is 2.38. The molecule has 1 aromatic heterocycles. The number of anilines is 1. The molecule has 1 N–H and O–H groups in total. The van der Waals surface area contributed by atoms with Gasteiger partial charge in [0.05, 0.1) is 19.2 Å². The van der Waals surface area contributed by atoms with E-state index in [2.05, 4.69) is 5.32 Å². The van der Waals surface area contributed by atoms with E-state index < -0.39 is 0 Å². The van der Waals surface area contributed by atoms with Crippen LogP contribution in [0.4, 0.5) is 5.00 Å². The number of fused-ring (bicyclic) bond motifs is 1. The molecule has 20 heavy (non-hydrogen) atoms. The Labute approximate surface area is 122 Å². The van der Waals surface area contributed by atoms with Gasteiger partial charge in [-0.2, -0.15) is 0 Å². The van der Waals surface area contributed by atoms with Crippen molar-refractivity contribution < 1.29 is 14.3 Å². The number of aryl methyl sites for hydroxylation is 1. The SMILES string of the molecule is COC(=O)c1c(NC(=O)CN(C)C)sc2c1CCCC2. The van der Waals surface area contributed by atoms with E-state index in [1.54, 1.807) is 4.90 Å². The van der Waals surface area contributed by atoms with E-state index in [9.17, 15) is 9.59 Å². The van der Waals surface area contributed by atoms with Gasteiger partial charge in [0.25, 0.3) is 0 Å². The zero-order chi connectivity index (χ0) is 14.7. The Balaban J connectivity index is 2.29. The average molecular weight is 296 g/mol. The fourth-order valence-electron chi connectivity index (χ4n) is 2.43. The highest BCUT2D eigenvalue weighted by Gasteiger charge is 2.26. The van der Waals surface area contributed by atoms with Gasteiger partial charge in [-0.05, 0) is 45.3 Å². The predicted octanol–water partition coefficient (Wildman–Crippen LogP) is 1.91. The number of ether oxygens (including phenoxy) is 1. The van der Waals surface area contributed by atoms with Gasteiger partial charge in [-0.3, -0.25) is 4.79 Å². The minimum absolute atomic E-state index is 0.112. The fourth-order valence-corrected chi connectivity index (χ4v) is 3.72. The van der Waals surface area contributed by atoms with Crippen molar-refractivity contribution in [1.82, 2.24) is 4.90 Å². The van der Waals surface area contributed by atoms with E-state index in [1.165, 1.54) is 23.3 Å². The van der Waals surface area contributed by atoms with Gasteiger partial charge in [0.15, 0.2) is 0 Å². The van der Waals surface area contributed by atoms with Gasteiger partial charge in [0.1, 0.15) is 5.00 Å². The van der Waals surface area contributed by atoms with Crippen molar-refractivity contribution in [3.8, 4) is 0 Å². The van der Waals surface area contributed by atoms with Crippen molar-refractivity contribution in [2.24, 2.45) is 0 Å². The van der Waals surface area contributed by atoms with E-state index in [1.807, 2.05) is 14.1 Å². The lowest BCUT2D eigenvalue weighted by molar-refractivity contribution is -0.116.